The molecule has 2 unspecified atom stereocenters. The van der Waals surface area contributed by atoms with E-state index in [1.165, 1.54) is 25.0 Å². The van der Waals surface area contributed by atoms with Gasteiger partial charge in [-0.15, -0.1) is 0 Å². The number of hydrogen-bond acceptors (Lipinski definition) is 2. The highest BCUT2D eigenvalue weighted by Crippen LogP contribution is 2.13. The van der Waals surface area contributed by atoms with Crippen molar-refractivity contribution in [2.24, 2.45) is 5.92 Å². The molecule has 0 radical (unpaired) electrons. The number of halogens is 1. The van der Waals surface area contributed by atoms with Crippen molar-refractivity contribution in [3.63, 3.8) is 0 Å². The van der Waals surface area contributed by atoms with Crippen LogP contribution in [0.2, 0.25) is 0 Å². The van der Waals surface area contributed by atoms with Crippen molar-refractivity contribution in [2.45, 2.75) is 52.2 Å². The second-order valence-electron chi connectivity index (χ2n) is 5.70. The Balaban J connectivity index is 2.25. The third kappa shape index (κ3) is 6.69. The monoisotopic (exact) mass is 267 g/mol. The van der Waals surface area contributed by atoms with E-state index in [4.69, 9.17) is 0 Å². The summed E-state index contributed by atoms with van der Waals surface area (Å²) in [6.07, 6.45) is 2.99. The molecule has 0 aliphatic carbocycles. The molecule has 2 atom stereocenters. The van der Waals surface area contributed by atoms with Crippen molar-refractivity contribution in [2.75, 3.05) is 6.54 Å². The van der Waals surface area contributed by atoms with Gasteiger partial charge in [0.15, 0.2) is 0 Å². The Bertz CT molecular complexity index is 350. The molecule has 0 bridgehead atoms. The lowest BCUT2D eigenvalue weighted by Gasteiger charge is -2.17. The standard InChI is InChI=1S/C16H26FNO/c1-12(2)5-4-6-13(3)18-11-16(19)14-7-9-15(17)10-8-14/h7-10,12-13,16,18-19H,4-6,11H2,1-3H3. The highest BCUT2D eigenvalue weighted by Gasteiger charge is 2.09. The van der Waals surface area contributed by atoms with Crippen LogP contribution in [0.3, 0.4) is 0 Å². The Morgan fingerprint density at radius 3 is 2.32 bits per heavy atom. The number of hydrogen-bond donors (Lipinski definition) is 2. The number of aliphatic hydroxyl groups is 1. The molecule has 0 saturated carbocycles. The highest BCUT2D eigenvalue weighted by molar-refractivity contribution is 5.18. The zero-order chi connectivity index (χ0) is 14.3. The van der Waals surface area contributed by atoms with E-state index in [1.54, 1.807) is 12.1 Å². The summed E-state index contributed by atoms with van der Waals surface area (Å²) in [7, 11) is 0. The second-order valence-corrected chi connectivity index (χ2v) is 5.70. The summed E-state index contributed by atoms with van der Waals surface area (Å²) in [5.74, 6) is 0.475. The maximum atomic E-state index is 12.8. The number of nitrogens with one attached hydrogen (secondary N) is 1. The Hall–Kier alpha value is -0.930. The Morgan fingerprint density at radius 1 is 1.11 bits per heavy atom. The van der Waals surface area contributed by atoms with Crippen LogP contribution in [0.5, 0.6) is 0 Å². The van der Waals surface area contributed by atoms with Crippen LogP contribution in [0.1, 0.15) is 51.7 Å². The molecule has 108 valence electrons. The lowest BCUT2D eigenvalue weighted by atomic mass is 10.0. The summed E-state index contributed by atoms with van der Waals surface area (Å²) in [6.45, 7) is 7.11. The van der Waals surface area contributed by atoms with Crippen LogP contribution < -0.4 is 5.32 Å². The topological polar surface area (TPSA) is 32.3 Å². The van der Waals surface area contributed by atoms with Crippen molar-refractivity contribution in [1.82, 2.24) is 5.32 Å². The minimum Gasteiger partial charge on any atom is -0.387 e. The molecule has 2 N–H and O–H groups in total. The van der Waals surface area contributed by atoms with Gasteiger partial charge in [0.2, 0.25) is 0 Å². The number of rotatable bonds is 8. The predicted molar refractivity (Wildman–Crippen MR) is 77.5 cm³/mol. The Morgan fingerprint density at radius 2 is 1.74 bits per heavy atom. The zero-order valence-electron chi connectivity index (χ0n) is 12.2. The van der Waals surface area contributed by atoms with E-state index in [-0.39, 0.29) is 5.82 Å². The third-order valence-corrected chi connectivity index (χ3v) is 3.33. The number of benzene rings is 1. The van der Waals surface area contributed by atoms with E-state index in [0.717, 1.165) is 17.9 Å². The summed E-state index contributed by atoms with van der Waals surface area (Å²) in [6, 6.07) is 6.42. The first kappa shape index (κ1) is 16.1. The molecular formula is C16H26FNO. The normalized spacial score (nSPS) is 14.6. The molecule has 0 spiro atoms. The largest absolute Gasteiger partial charge is 0.387 e. The summed E-state index contributed by atoms with van der Waals surface area (Å²) in [4.78, 5) is 0. The highest BCUT2D eigenvalue weighted by atomic mass is 19.1. The maximum Gasteiger partial charge on any atom is 0.123 e. The van der Waals surface area contributed by atoms with Crippen molar-refractivity contribution >= 4 is 0 Å². The molecule has 0 amide bonds. The van der Waals surface area contributed by atoms with Crippen molar-refractivity contribution < 1.29 is 9.50 Å². The molecule has 1 aromatic carbocycles. The Labute approximate surface area is 116 Å². The van der Waals surface area contributed by atoms with E-state index in [9.17, 15) is 9.50 Å². The van der Waals surface area contributed by atoms with Crippen molar-refractivity contribution in [3.8, 4) is 0 Å². The minimum absolute atomic E-state index is 0.272. The fraction of sp³-hybridized carbons (Fsp3) is 0.625. The van der Waals surface area contributed by atoms with E-state index >= 15 is 0 Å². The van der Waals surface area contributed by atoms with Gasteiger partial charge in [-0.25, -0.2) is 4.39 Å². The van der Waals surface area contributed by atoms with E-state index < -0.39 is 6.10 Å². The second kappa shape index (κ2) is 8.28. The molecule has 19 heavy (non-hydrogen) atoms. The van der Waals surface area contributed by atoms with Crippen LogP contribution in [0.15, 0.2) is 24.3 Å². The van der Waals surface area contributed by atoms with Crippen LogP contribution in [0.25, 0.3) is 0 Å². The maximum absolute atomic E-state index is 12.8. The van der Waals surface area contributed by atoms with Crippen LogP contribution >= 0.6 is 0 Å². The van der Waals surface area contributed by atoms with Gasteiger partial charge in [0.05, 0.1) is 6.10 Å². The summed E-state index contributed by atoms with van der Waals surface area (Å²) < 4.78 is 12.8. The molecule has 0 fully saturated rings. The average molecular weight is 267 g/mol. The van der Waals surface area contributed by atoms with Crippen LogP contribution in [-0.4, -0.2) is 17.7 Å². The smallest absolute Gasteiger partial charge is 0.123 e. The van der Waals surface area contributed by atoms with Gasteiger partial charge in [-0.2, -0.15) is 0 Å². The van der Waals surface area contributed by atoms with Gasteiger partial charge in [0.25, 0.3) is 0 Å². The molecule has 2 nitrogen and oxygen atoms in total. The van der Waals surface area contributed by atoms with Gasteiger partial charge in [0, 0.05) is 12.6 Å². The molecule has 0 aromatic heterocycles. The zero-order valence-corrected chi connectivity index (χ0v) is 12.2. The molecule has 1 aromatic rings. The predicted octanol–water partition coefficient (Wildman–Crippen LogP) is 3.66. The lowest BCUT2D eigenvalue weighted by Crippen LogP contribution is -2.30. The molecule has 0 heterocycles. The van der Waals surface area contributed by atoms with Crippen LogP contribution in [0.4, 0.5) is 4.39 Å². The summed E-state index contributed by atoms with van der Waals surface area (Å²) in [5, 5.41) is 13.3. The molecule has 0 saturated heterocycles. The quantitative estimate of drug-likeness (QED) is 0.753. The minimum atomic E-state index is -0.576. The van der Waals surface area contributed by atoms with Gasteiger partial charge in [-0.1, -0.05) is 38.8 Å². The van der Waals surface area contributed by atoms with Gasteiger partial charge >= 0.3 is 0 Å². The molecule has 3 heteroatoms. The van der Waals surface area contributed by atoms with Crippen molar-refractivity contribution in [3.05, 3.63) is 35.6 Å². The van der Waals surface area contributed by atoms with Gasteiger partial charge in [0.1, 0.15) is 5.82 Å². The Kier molecular flexibility index (Phi) is 7.03. The first-order chi connectivity index (χ1) is 8.99. The van der Waals surface area contributed by atoms with E-state index in [2.05, 4.69) is 26.1 Å². The summed E-state index contributed by atoms with van der Waals surface area (Å²) in [5.41, 5.74) is 0.753. The molecule has 1 rings (SSSR count). The van der Waals surface area contributed by atoms with Crippen LogP contribution in [0, 0.1) is 11.7 Å². The van der Waals surface area contributed by atoms with Gasteiger partial charge in [-0.3, -0.25) is 0 Å². The average Bonchev–Trinajstić information content (AvgIpc) is 2.36. The van der Waals surface area contributed by atoms with Crippen molar-refractivity contribution in [1.29, 1.82) is 0 Å². The fourth-order valence-corrected chi connectivity index (χ4v) is 2.05. The molecular weight excluding hydrogens is 241 g/mol. The third-order valence-electron chi connectivity index (χ3n) is 3.33. The van der Waals surface area contributed by atoms with E-state index in [1.807, 2.05) is 0 Å². The van der Waals surface area contributed by atoms with E-state index in [0.29, 0.717) is 12.6 Å². The van der Waals surface area contributed by atoms with Gasteiger partial charge in [-0.05, 0) is 37.0 Å². The number of aliphatic hydroxyl groups excluding tert-OH is 1. The van der Waals surface area contributed by atoms with Gasteiger partial charge < -0.3 is 10.4 Å². The first-order valence-corrected chi connectivity index (χ1v) is 7.16. The molecule has 0 aliphatic rings. The summed E-state index contributed by atoms with van der Waals surface area (Å²) >= 11 is 0. The molecule has 0 aliphatic heterocycles. The first-order valence-electron chi connectivity index (χ1n) is 7.16. The van der Waals surface area contributed by atoms with Crippen LogP contribution in [-0.2, 0) is 0 Å². The SMILES string of the molecule is CC(C)CCCC(C)NCC(O)c1ccc(F)cc1. The fourth-order valence-electron chi connectivity index (χ4n) is 2.05. The lowest BCUT2D eigenvalue weighted by molar-refractivity contribution is 0.169.